The molecule has 1 heterocycles. The second-order valence-corrected chi connectivity index (χ2v) is 43.3. The summed E-state index contributed by atoms with van der Waals surface area (Å²) in [6.07, 6.45) is 0. The summed E-state index contributed by atoms with van der Waals surface area (Å²) in [5, 5.41) is 0. The average molecular weight is 718 g/mol. The summed E-state index contributed by atoms with van der Waals surface area (Å²) in [6, 6.07) is 5.85. The van der Waals surface area contributed by atoms with Crippen molar-refractivity contribution in [3.63, 3.8) is 0 Å². The summed E-state index contributed by atoms with van der Waals surface area (Å²) in [6.45, 7) is 0. The standard InChI is InChI=1S/C12H6O7S4.6CH3.2Sn/c13-21-7-3-1-5-9(22(14,15)16)11(7)20-12-8(21)4-2-6-10(12)23(17,18)19;;;;;;;;/h1-2,5-6H,(H,14,15,16)(H,17,18,19);6*1H3;;. The van der Waals surface area contributed by atoms with Crippen LogP contribution in [0.1, 0.15) is 0 Å². The van der Waals surface area contributed by atoms with Crippen LogP contribution >= 0.6 is 11.8 Å². The van der Waals surface area contributed by atoms with Crippen LogP contribution in [0, 0.1) is 0 Å². The van der Waals surface area contributed by atoms with Gasteiger partial charge in [-0.05, 0) is 0 Å². The molecule has 13 heteroatoms. The molecule has 0 bridgehead atoms. The van der Waals surface area contributed by atoms with E-state index in [2.05, 4.69) is 29.6 Å². The zero-order valence-electron chi connectivity index (χ0n) is 17.9. The molecule has 0 saturated carbocycles. The van der Waals surface area contributed by atoms with Gasteiger partial charge in [-0.25, -0.2) is 0 Å². The van der Waals surface area contributed by atoms with Gasteiger partial charge >= 0.3 is 200 Å². The molecule has 0 fully saturated rings. The zero-order valence-corrected chi connectivity index (χ0v) is 26.9. The molecule has 170 valence electrons. The van der Waals surface area contributed by atoms with E-state index in [4.69, 9.17) is 0 Å². The van der Waals surface area contributed by atoms with Crippen molar-refractivity contribution >= 4 is 86.7 Å². The van der Waals surface area contributed by atoms with Crippen LogP contribution < -0.4 is 7.16 Å². The van der Waals surface area contributed by atoms with Crippen molar-refractivity contribution in [1.29, 1.82) is 0 Å². The fourth-order valence-electron chi connectivity index (χ4n) is 3.44. The van der Waals surface area contributed by atoms with Gasteiger partial charge in [0.25, 0.3) is 0 Å². The van der Waals surface area contributed by atoms with Crippen LogP contribution in [0.3, 0.4) is 0 Å². The molecule has 7 nitrogen and oxygen atoms in total. The van der Waals surface area contributed by atoms with Gasteiger partial charge in [-0.2, -0.15) is 0 Å². The second kappa shape index (κ2) is 8.24. The summed E-state index contributed by atoms with van der Waals surface area (Å²) >= 11 is -5.00. The van der Waals surface area contributed by atoms with Crippen molar-refractivity contribution in [2.24, 2.45) is 0 Å². The van der Waals surface area contributed by atoms with E-state index in [1.807, 2.05) is 0 Å². The van der Waals surface area contributed by atoms with Crippen molar-refractivity contribution in [2.45, 2.75) is 59.0 Å². The van der Waals surface area contributed by atoms with Crippen LogP contribution in [0.2, 0.25) is 29.6 Å². The molecule has 3 rings (SSSR count). The van der Waals surface area contributed by atoms with Gasteiger partial charge in [-0.1, -0.05) is 0 Å². The molecule has 0 radical (unpaired) electrons. The number of benzene rings is 2. The first kappa shape index (κ1) is 26.0. The first-order valence-corrected chi connectivity index (χ1v) is 34.1. The van der Waals surface area contributed by atoms with Gasteiger partial charge in [0, 0.05) is 0 Å². The van der Waals surface area contributed by atoms with Crippen molar-refractivity contribution in [3.8, 4) is 0 Å². The zero-order chi connectivity index (χ0) is 23.7. The molecule has 0 saturated heterocycles. The summed E-state index contributed by atoms with van der Waals surface area (Å²) in [7, 11) is -11.2. The fraction of sp³-hybridized carbons (Fsp3) is 0.333. The molecule has 1 aliphatic rings. The third-order valence-electron chi connectivity index (χ3n) is 4.90. The molecule has 1 aliphatic heterocycles. The Morgan fingerprint density at radius 3 is 1.29 bits per heavy atom. The topological polar surface area (TPSA) is 126 Å². The third-order valence-corrected chi connectivity index (χ3v) is 22.7. The molecular formula is C18H24O7S4Sn2. The van der Waals surface area contributed by atoms with Gasteiger partial charge in [-0.3, -0.25) is 0 Å². The maximum absolute atomic E-state index is 14.0. The summed E-state index contributed by atoms with van der Waals surface area (Å²) < 4.78 is 83.7. The number of fused-ring (bicyclic) bond motifs is 2. The Morgan fingerprint density at radius 1 is 0.710 bits per heavy atom. The van der Waals surface area contributed by atoms with E-state index in [9.17, 15) is 30.1 Å². The fourth-order valence-corrected chi connectivity index (χ4v) is 22.7. The molecular weight excluding hydrogens is 694 g/mol. The number of hydrogen-bond acceptors (Lipinski definition) is 6. The Balaban J connectivity index is 2.54. The molecule has 2 N–H and O–H groups in total. The van der Waals surface area contributed by atoms with Crippen LogP contribution in [-0.2, 0) is 31.0 Å². The Bertz CT molecular complexity index is 1230. The molecule has 2 aromatic rings. The van der Waals surface area contributed by atoms with E-state index in [0.717, 1.165) is 18.9 Å². The first-order valence-electron chi connectivity index (χ1n) is 9.24. The molecule has 31 heavy (non-hydrogen) atoms. The minimum atomic E-state index is -4.65. The van der Waals surface area contributed by atoms with Crippen molar-refractivity contribution in [2.75, 3.05) is 0 Å². The van der Waals surface area contributed by atoms with Crippen molar-refractivity contribution in [3.05, 3.63) is 24.3 Å². The van der Waals surface area contributed by atoms with E-state index in [-0.39, 0.29) is 9.79 Å². The van der Waals surface area contributed by atoms with Crippen molar-refractivity contribution in [1.82, 2.24) is 0 Å². The Morgan fingerprint density at radius 2 is 1.03 bits per heavy atom. The van der Waals surface area contributed by atoms with Gasteiger partial charge in [-0.15, -0.1) is 0 Å². The number of hydrogen-bond donors (Lipinski definition) is 2. The van der Waals surface area contributed by atoms with E-state index in [0.29, 0.717) is 9.79 Å². The van der Waals surface area contributed by atoms with E-state index < -0.39 is 77.6 Å². The predicted octanol–water partition coefficient (Wildman–Crippen LogP) is 2.90. The molecule has 0 amide bonds. The quantitative estimate of drug-likeness (QED) is 0.312. The first-order chi connectivity index (χ1) is 13.8. The summed E-state index contributed by atoms with van der Waals surface area (Å²) in [5.41, 5.74) is 0. The van der Waals surface area contributed by atoms with Crippen LogP contribution in [0.15, 0.2) is 53.6 Å². The van der Waals surface area contributed by atoms with E-state index in [1.165, 1.54) is 12.1 Å². The Hall–Kier alpha value is 0.357. The van der Waals surface area contributed by atoms with Crippen LogP contribution in [0.5, 0.6) is 0 Å². The molecule has 0 aliphatic carbocycles. The monoisotopic (exact) mass is 720 g/mol. The number of rotatable bonds is 4. The molecule has 0 unspecified atom stereocenters. The maximum atomic E-state index is 14.0. The van der Waals surface area contributed by atoms with Gasteiger partial charge < -0.3 is 0 Å². The normalized spacial score (nSPS) is 15.5. The summed E-state index contributed by atoms with van der Waals surface area (Å²) in [4.78, 5) is 12.7. The van der Waals surface area contributed by atoms with Crippen LogP contribution in [0.4, 0.5) is 0 Å². The molecule has 2 aromatic carbocycles. The van der Waals surface area contributed by atoms with Gasteiger partial charge in [0.15, 0.2) is 0 Å². The Labute approximate surface area is 198 Å². The predicted molar refractivity (Wildman–Crippen MR) is 127 cm³/mol. The second-order valence-electron chi connectivity index (χ2n) is 9.36. The molecule has 0 aromatic heterocycles. The van der Waals surface area contributed by atoms with E-state index in [1.54, 1.807) is 12.1 Å². The molecule has 0 spiro atoms. The van der Waals surface area contributed by atoms with Gasteiger partial charge in [0.2, 0.25) is 0 Å². The minimum absolute atomic E-state index is 0.0728. The third kappa shape index (κ3) is 4.93. The molecule has 0 atom stereocenters. The van der Waals surface area contributed by atoms with Crippen molar-refractivity contribution < 1.29 is 30.1 Å². The SMILES string of the molecule is [CH3][Sn]([CH3])([CH3])[c]1ccc(S(=O)(=O)O)c2c1S(=O)c1[c]([Sn]([CH3])([CH3])[CH3])ccc(S(=O)(=O)O)c1S2. The van der Waals surface area contributed by atoms with Crippen LogP contribution in [0.25, 0.3) is 0 Å². The van der Waals surface area contributed by atoms with E-state index >= 15 is 0 Å². The Kier molecular flexibility index (Phi) is 6.90. The van der Waals surface area contributed by atoms with Crippen LogP contribution in [-0.4, -0.2) is 66.9 Å². The van der Waals surface area contributed by atoms with Gasteiger partial charge in [0.1, 0.15) is 0 Å². The summed E-state index contributed by atoms with van der Waals surface area (Å²) in [5.74, 6) is 0. The van der Waals surface area contributed by atoms with Gasteiger partial charge in [0.05, 0.1) is 0 Å². The average Bonchev–Trinajstić information content (AvgIpc) is 2.56.